The van der Waals surface area contributed by atoms with Crippen LogP contribution in [0.5, 0.6) is 0 Å². The Balaban J connectivity index is 3.05. The summed E-state index contributed by atoms with van der Waals surface area (Å²) in [5.41, 5.74) is 0.123. The molecule has 1 heterocycles. The number of aromatic nitrogens is 2. The smallest absolute Gasteiger partial charge is 0.301 e. The number of nitrogens with one attached hydrogen (secondary N) is 1. The van der Waals surface area contributed by atoms with Crippen molar-refractivity contribution in [2.24, 2.45) is 11.8 Å². The minimum Gasteiger partial charge on any atom is -0.301 e. The number of aromatic amines is 1. The van der Waals surface area contributed by atoms with Crippen LogP contribution < -0.4 is 11.2 Å². The van der Waals surface area contributed by atoms with Crippen molar-refractivity contribution in [2.75, 3.05) is 0 Å². The summed E-state index contributed by atoms with van der Waals surface area (Å²) < 4.78 is 1.53. The SMILES string of the molecule is CCn1cc(CC(C)C(C)C)c(=O)[nH]c1=O. The molecule has 1 atom stereocenters. The van der Waals surface area contributed by atoms with E-state index in [4.69, 9.17) is 0 Å². The van der Waals surface area contributed by atoms with Crippen LogP contribution in [-0.4, -0.2) is 9.55 Å². The zero-order chi connectivity index (χ0) is 12.3. The van der Waals surface area contributed by atoms with Gasteiger partial charge < -0.3 is 4.57 Å². The van der Waals surface area contributed by atoms with Crippen LogP contribution in [0, 0.1) is 11.8 Å². The molecule has 90 valence electrons. The lowest BCUT2D eigenvalue weighted by atomic mass is 9.92. The normalized spacial score (nSPS) is 13.1. The van der Waals surface area contributed by atoms with Crippen molar-refractivity contribution >= 4 is 0 Å². The first-order valence-corrected chi connectivity index (χ1v) is 5.78. The number of aryl methyl sites for hydroxylation is 1. The molecule has 16 heavy (non-hydrogen) atoms. The average Bonchev–Trinajstić information content (AvgIpc) is 2.21. The molecule has 4 heteroatoms. The van der Waals surface area contributed by atoms with E-state index in [1.165, 1.54) is 4.57 Å². The Morgan fingerprint density at radius 3 is 2.44 bits per heavy atom. The lowest BCUT2D eigenvalue weighted by Crippen LogP contribution is -2.32. The molecule has 0 aliphatic heterocycles. The zero-order valence-corrected chi connectivity index (χ0v) is 10.4. The number of H-pyrrole nitrogens is 1. The summed E-state index contributed by atoms with van der Waals surface area (Å²) in [6.45, 7) is 8.85. The molecule has 0 radical (unpaired) electrons. The Hall–Kier alpha value is -1.32. The Kier molecular flexibility index (Phi) is 4.10. The highest BCUT2D eigenvalue weighted by atomic mass is 16.2. The van der Waals surface area contributed by atoms with Gasteiger partial charge in [0.05, 0.1) is 0 Å². The van der Waals surface area contributed by atoms with E-state index in [2.05, 4.69) is 25.8 Å². The summed E-state index contributed by atoms with van der Waals surface area (Å²) in [6.07, 6.45) is 2.40. The third kappa shape index (κ3) is 2.84. The lowest BCUT2D eigenvalue weighted by Gasteiger charge is -2.15. The highest BCUT2D eigenvalue weighted by Crippen LogP contribution is 2.13. The second kappa shape index (κ2) is 5.14. The van der Waals surface area contributed by atoms with Crippen LogP contribution in [-0.2, 0) is 13.0 Å². The summed E-state index contributed by atoms with van der Waals surface area (Å²) in [7, 11) is 0. The van der Waals surface area contributed by atoms with Crippen molar-refractivity contribution < 1.29 is 0 Å². The van der Waals surface area contributed by atoms with Gasteiger partial charge in [-0.05, 0) is 25.2 Å². The van der Waals surface area contributed by atoms with Gasteiger partial charge in [-0.2, -0.15) is 0 Å². The summed E-state index contributed by atoms with van der Waals surface area (Å²) >= 11 is 0. The molecular weight excluding hydrogens is 204 g/mol. The molecule has 1 aromatic heterocycles. The number of hydrogen-bond acceptors (Lipinski definition) is 2. The fraction of sp³-hybridized carbons (Fsp3) is 0.667. The molecule has 1 unspecified atom stereocenters. The van der Waals surface area contributed by atoms with Gasteiger partial charge in [-0.15, -0.1) is 0 Å². The van der Waals surface area contributed by atoms with Crippen LogP contribution in [0.4, 0.5) is 0 Å². The summed E-state index contributed by atoms with van der Waals surface area (Å²) in [5, 5.41) is 0. The quantitative estimate of drug-likeness (QED) is 0.840. The standard InChI is InChI=1S/C12H20N2O2/c1-5-14-7-10(6-9(4)8(2)3)11(15)13-12(14)16/h7-9H,5-6H2,1-4H3,(H,13,15,16). The van der Waals surface area contributed by atoms with E-state index in [9.17, 15) is 9.59 Å². The Morgan fingerprint density at radius 2 is 1.94 bits per heavy atom. The molecule has 0 saturated carbocycles. The maximum atomic E-state index is 11.6. The largest absolute Gasteiger partial charge is 0.328 e. The summed E-state index contributed by atoms with van der Waals surface area (Å²) in [4.78, 5) is 25.3. The van der Waals surface area contributed by atoms with Gasteiger partial charge in [0.25, 0.3) is 5.56 Å². The van der Waals surface area contributed by atoms with Crippen LogP contribution in [0.3, 0.4) is 0 Å². The van der Waals surface area contributed by atoms with E-state index < -0.39 is 0 Å². The second-order valence-electron chi connectivity index (χ2n) is 4.63. The van der Waals surface area contributed by atoms with E-state index in [0.717, 1.165) is 0 Å². The molecule has 0 fully saturated rings. The highest BCUT2D eigenvalue weighted by molar-refractivity contribution is 5.05. The van der Waals surface area contributed by atoms with Gasteiger partial charge in [-0.1, -0.05) is 20.8 Å². The zero-order valence-electron chi connectivity index (χ0n) is 10.4. The molecule has 4 nitrogen and oxygen atoms in total. The molecule has 0 aliphatic carbocycles. The van der Waals surface area contributed by atoms with Gasteiger partial charge in [0, 0.05) is 18.3 Å². The first-order valence-electron chi connectivity index (χ1n) is 5.78. The number of hydrogen-bond donors (Lipinski definition) is 1. The van der Waals surface area contributed by atoms with E-state index in [0.29, 0.717) is 30.4 Å². The van der Waals surface area contributed by atoms with Crippen molar-refractivity contribution in [1.29, 1.82) is 0 Å². The Bertz CT molecular complexity index is 457. The van der Waals surface area contributed by atoms with Crippen molar-refractivity contribution in [3.63, 3.8) is 0 Å². The van der Waals surface area contributed by atoms with Crippen LogP contribution in [0.15, 0.2) is 15.8 Å². The summed E-state index contributed by atoms with van der Waals surface area (Å²) in [6, 6.07) is 0. The monoisotopic (exact) mass is 224 g/mol. The topological polar surface area (TPSA) is 54.9 Å². The molecule has 0 spiro atoms. The number of rotatable bonds is 4. The minimum atomic E-state index is -0.326. The van der Waals surface area contributed by atoms with Crippen molar-refractivity contribution in [3.8, 4) is 0 Å². The van der Waals surface area contributed by atoms with Gasteiger partial charge in [-0.3, -0.25) is 9.78 Å². The van der Waals surface area contributed by atoms with E-state index in [1.54, 1.807) is 6.20 Å². The molecule has 1 aromatic rings. The van der Waals surface area contributed by atoms with Crippen molar-refractivity contribution in [2.45, 2.75) is 40.7 Å². The molecule has 0 bridgehead atoms. The third-order valence-corrected chi connectivity index (χ3v) is 3.11. The first kappa shape index (κ1) is 12.7. The van der Waals surface area contributed by atoms with Gasteiger partial charge in [0.15, 0.2) is 0 Å². The highest BCUT2D eigenvalue weighted by Gasteiger charge is 2.11. The van der Waals surface area contributed by atoms with E-state index >= 15 is 0 Å². The van der Waals surface area contributed by atoms with Gasteiger partial charge in [0.1, 0.15) is 0 Å². The maximum absolute atomic E-state index is 11.6. The number of nitrogens with zero attached hydrogens (tertiary/aromatic N) is 1. The first-order chi connectivity index (χ1) is 7.45. The molecule has 0 saturated heterocycles. The second-order valence-corrected chi connectivity index (χ2v) is 4.63. The average molecular weight is 224 g/mol. The van der Waals surface area contributed by atoms with E-state index in [-0.39, 0.29) is 11.2 Å². The molecule has 0 amide bonds. The third-order valence-electron chi connectivity index (χ3n) is 3.11. The molecular formula is C12H20N2O2. The minimum absolute atomic E-state index is 0.248. The van der Waals surface area contributed by atoms with Crippen LogP contribution >= 0.6 is 0 Å². The lowest BCUT2D eigenvalue weighted by molar-refractivity contribution is 0.414. The molecule has 0 aromatic carbocycles. The maximum Gasteiger partial charge on any atom is 0.328 e. The van der Waals surface area contributed by atoms with Crippen LogP contribution in [0.1, 0.15) is 33.3 Å². The Labute approximate surface area is 95.3 Å². The van der Waals surface area contributed by atoms with Gasteiger partial charge in [-0.25, -0.2) is 4.79 Å². The van der Waals surface area contributed by atoms with E-state index in [1.807, 2.05) is 6.92 Å². The predicted octanol–water partition coefficient (Wildman–Crippen LogP) is 1.39. The fourth-order valence-electron chi connectivity index (χ4n) is 1.52. The van der Waals surface area contributed by atoms with Gasteiger partial charge in [0.2, 0.25) is 0 Å². The summed E-state index contributed by atoms with van der Waals surface area (Å²) in [5.74, 6) is 0.963. The fourth-order valence-corrected chi connectivity index (χ4v) is 1.52. The molecule has 1 N–H and O–H groups in total. The predicted molar refractivity (Wildman–Crippen MR) is 64.7 cm³/mol. The van der Waals surface area contributed by atoms with Crippen molar-refractivity contribution in [3.05, 3.63) is 32.6 Å². The molecule has 0 aliphatic rings. The Morgan fingerprint density at radius 1 is 1.31 bits per heavy atom. The van der Waals surface area contributed by atoms with Crippen molar-refractivity contribution in [1.82, 2.24) is 9.55 Å². The van der Waals surface area contributed by atoms with Gasteiger partial charge >= 0.3 is 5.69 Å². The van der Waals surface area contributed by atoms with Crippen LogP contribution in [0.25, 0.3) is 0 Å². The molecule has 1 rings (SSSR count). The van der Waals surface area contributed by atoms with Crippen LogP contribution in [0.2, 0.25) is 0 Å².